The molecule has 7 nitrogen and oxygen atoms in total. The number of nitrogens with one attached hydrogen (secondary N) is 2. The molecule has 2 aromatic rings. The maximum atomic E-state index is 12.1. The van der Waals surface area contributed by atoms with Gasteiger partial charge in [-0.15, -0.1) is 0 Å². The molecule has 24 heavy (non-hydrogen) atoms. The molecular formula is C17H24N4O3. The molecular weight excluding hydrogens is 308 g/mol. The lowest BCUT2D eigenvalue weighted by Gasteiger charge is -2.17. The predicted molar refractivity (Wildman–Crippen MR) is 92.5 cm³/mol. The normalized spacial score (nSPS) is 13.6. The molecule has 130 valence electrons. The number of carbonyl (C=O) groups is 2. The van der Waals surface area contributed by atoms with E-state index < -0.39 is 24.0 Å². The third-order valence-corrected chi connectivity index (χ3v) is 4.02. The van der Waals surface area contributed by atoms with E-state index in [0.29, 0.717) is 13.0 Å². The van der Waals surface area contributed by atoms with Crippen molar-refractivity contribution < 1.29 is 14.7 Å². The van der Waals surface area contributed by atoms with E-state index in [2.05, 4.69) is 10.3 Å². The van der Waals surface area contributed by atoms with Crippen molar-refractivity contribution in [3.8, 4) is 0 Å². The summed E-state index contributed by atoms with van der Waals surface area (Å²) in [6.07, 6.45) is 3.99. The number of benzene rings is 1. The molecule has 7 heteroatoms. The van der Waals surface area contributed by atoms with Gasteiger partial charge >= 0.3 is 5.97 Å². The molecule has 0 radical (unpaired) electrons. The summed E-state index contributed by atoms with van der Waals surface area (Å²) in [5.74, 6) is -1.53. The van der Waals surface area contributed by atoms with E-state index in [1.807, 2.05) is 24.3 Å². The Morgan fingerprint density at radius 2 is 2.00 bits per heavy atom. The van der Waals surface area contributed by atoms with Crippen LogP contribution in [-0.4, -0.2) is 40.6 Å². The van der Waals surface area contributed by atoms with E-state index in [9.17, 15) is 14.7 Å². The number of hydrogen-bond donors (Lipinski definition) is 5. The van der Waals surface area contributed by atoms with Gasteiger partial charge in [-0.25, -0.2) is 4.79 Å². The van der Waals surface area contributed by atoms with Crippen LogP contribution < -0.4 is 16.8 Å². The lowest BCUT2D eigenvalue weighted by atomic mass is 10.0. The minimum atomic E-state index is -1.08. The number of unbranched alkanes of at least 4 members (excludes halogenated alkanes) is 1. The first-order valence-corrected chi connectivity index (χ1v) is 8.06. The molecule has 0 fully saturated rings. The first-order valence-electron chi connectivity index (χ1n) is 8.06. The number of amides is 1. The number of carboxylic acid groups (broad SMARTS) is 1. The summed E-state index contributed by atoms with van der Waals surface area (Å²) in [6, 6.07) is 5.89. The molecule has 2 atom stereocenters. The van der Waals surface area contributed by atoms with Gasteiger partial charge in [0.25, 0.3) is 0 Å². The summed E-state index contributed by atoms with van der Waals surface area (Å²) in [7, 11) is 0. The molecule has 0 aliphatic heterocycles. The van der Waals surface area contributed by atoms with Crippen molar-refractivity contribution in [2.24, 2.45) is 11.5 Å². The zero-order valence-corrected chi connectivity index (χ0v) is 13.5. The first kappa shape index (κ1) is 18.0. The molecule has 0 bridgehead atoms. The lowest BCUT2D eigenvalue weighted by Crippen LogP contribution is -2.49. The number of para-hydroxylation sites is 1. The Balaban J connectivity index is 2.02. The average molecular weight is 332 g/mol. The molecule has 0 aliphatic carbocycles. The fraction of sp³-hybridized carbons (Fsp3) is 0.412. The van der Waals surface area contributed by atoms with Crippen LogP contribution in [0.4, 0.5) is 0 Å². The van der Waals surface area contributed by atoms with Crippen LogP contribution in [0.3, 0.4) is 0 Å². The number of aromatic amines is 1. The largest absolute Gasteiger partial charge is 0.480 e. The highest BCUT2D eigenvalue weighted by molar-refractivity contribution is 5.88. The lowest BCUT2D eigenvalue weighted by molar-refractivity contribution is -0.142. The van der Waals surface area contributed by atoms with Crippen LogP contribution >= 0.6 is 0 Å². The van der Waals surface area contributed by atoms with Crippen molar-refractivity contribution in [2.75, 3.05) is 6.54 Å². The van der Waals surface area contributed by atoms with Gasteiger partial charge in [-0.1, -0.05) is 24.6 Å². The molecule has 0 saturated heterocycles. The zero-order chi connectivity index (χ0) is 17.5. The summed E-state index contributed by atoms with van der Waals surface area (Å²) < 4.78 is 0. The fourth-order valence-corrected chi connectivity index (χ4v) is 2.64. The zero-order valence-electron chi connectivity index (χ0n) is 13.5. The Morgan fingerprint density at radius 1 is 1.25 bits per heavy atom. The molecule has 1 heterocycles. The minimum Gasteiger partial charge on any atom is -0.480 e. The summed E-state index contributed by atoms with van der Waals surface area (Å²) in [4.78, 5) is 26.7. The van der Waals surface area contributed by atoms with Crippen molar-refractivity contribution in [3.05, 3.63) is 36.0 Å². The second-order valence-corrected chi connectivity index (χ2v) is 5.85. The number of carbonyl (C=O) groups excluding carboxylic acids is 1. The van der Waals surface area contributed by atoms with Crippen LogP contribution in [0.25, 0.3) is 10.9 Å². The molecule has 1 aromatic carbocycles. The van der Waals surface area contributed by atoms with Gasteiger partial charge in [0.1, 0.15) is 6.04 Å². The predicted octanol–water partition coefficient (Wildman–Crippen LogP) is 0.736. The van der Waals surface area contributed by atoms with Crippen LogP contribution in [0.5, 0.6) is 0 Å². The van der Waals surface area contributed by atoms with Crippen molar-refractivity contribution in [1.82, 2.24) is 10.3 Å². The van der Waals surface area contributed by atoms with Crippen LogP contribution in [0.2, 0.25) is 0 Å². The third-order valence-electron chi connectivity index (χ3n) is 4.02. The van der Waals surface area contributed by atoms with Crippen LogP contribution in [0, 0.1) is 0 Å². The molecule has 1 amide bonds. The van der Waals surface area contributed by atoms with Crippen LogP contribution in [0.15, 0.2) is 30.5 Å². The highest BCUT2D eigenvalue weighted by Crippen LogP contribution is 2.19. The first-order chi connectivity index (χ1) is 11.5. The molecule has 0 spiro atoms. The number of hydrogen-bond acceptors (Lipinski definition) is 4. The van der Waals surface area contributed by atoms with E-state index in [-0.39, 0.29) is 6.42 Å². The minimum absolute atomic E-state index is 0.195. The van der Waals surface area contributed by atoms with Crippen molar-refractivity contribution in [1.29, 1.82) is 0 Å². The number of aromatic nitrogens is 1. The van der Waals surface area contributed by atoms with Gasteiger partial charge in [-0.3, -0.25) is 4.79 Å². The smallest absolute Gasteiger partial charge is 0.326 e. The van der Waals surface area contributed by atoms with E-state index >= 15 is 0 Å². The Labute approximate surface area is 140 Å². The number of H-pyrrole nitrogens is 1. The third kappa shape index (κ3) is 4.56. The van der Waals surface area contributed by atoms with E-state index in [4.69, 9.17) is 11.5 Å². The Bertz CT molecular complexity index is 698. The summed E-state index contributed by atoms with van der Waals surface area (Å²) in [5.41, 5.74) is 13.0. The monoisotopic (exact) mass is 332 g/mol. The Hall–Kier alpha value is -2.38. The van der Waals surface area contributed by atoms with Crippen molar-refractivity contribution >= 4 is 22.8 Å². The number of nitrogens with two attached hydrogens (primary N) is 2. The SMILES string of the molecule is NCCCC[C@H](N)C(=O)NC(Cc1c[nH]c2ccccc12)C(=O)O. The summed E-state index contributed by atoms with van der Waals surface area (Å²) in [5, 5.41) is 12.9. The van der Waals surface area contributed by atoms with Gasteiger partial charge in [0.05, 0.1) is 6.04 Å². The maximum Gasteiger partial charge on any atom is 0.326 e. The van der Waals surface area contributed by atoms with Gasteiger partial charge in [0.15, 0.2) is 0 Å². The molecule has 1 unspecified atom stereocenters. The van der Waals surface area contributed by atoms with Crippen molar-refractivity contribution in [2.45, 2.75) is 37.8 Å². The van der Waals surface area contributed by atoms with Gasteiger partial charge in [-0.05, 0) is 31.0 Å². The molecule has 2 rings (SSSR count). The van der Waals surface area contributed by atoms with Crippen molar-refractivity contribution in [3.63, 3.8) is 0 Å². The standard InChI is InChI=1S/C17H24N4O3/c18-8-4-3-6-13(19)16(22)21-15(17(23)24)9-11-10-20-14-7-2-1-5-12(11)14/h1-2,5,7,10,13,15,20H,3-4,6,8-9,18-19H2,(H,21,22)(H,23,24)/t13-,15?/m0/s1. The van der Waals surface area contributed by atoms with Gasteiger partial charge < -0.3 is 26.9 Å². The second kappa shape index (κ2) is 8.47. The van der Waals surface area contributed by atoms with Crippen LogP contribution in [0.1, 0.15) is 24.8 Å². The van der Waals surface area contributed by atoms with E-state index in [0.717, 1.165) is 29.3 Å². The van der Waals surface area contributed by atoms with Gasteiger partial charge in [-0.2, -0.15) is 0 Å². The second-order valence-electron chi connectivity index (χ2n) is 5.85. The quantitative estimate of drug-likeness (QED) is 0.432. The molecule has 1 aromatic heterocycles. The average Bonchev–Trinajstić information content (AvgIpc) is 2.97. The Kier molecular flexibility index (Phi) is 6.34. The number of carboxylic acids is 1. The maximum absolute atomic E-state index is 12.1. The van der Waals surface area contributed by atoms with Gasteiger partial charge in [0.2, 0.25) is 5.91 Å². The molecule has 7 N–H and O–H groups in total. The number of aliphatic carboxylic acids is 1. The number of fused-ring (bicyclic) bond motifs is 1. The summed E-state index contributed by atoms with van der Waals surface area (Å²) in [6.45, 7) is 0.548. The molecule has 0 aliphatic rings. The fourth-order valence-electron chi connectivity index (χ4n) is 2.64. The summed E-state index contributed by atoms with van der Waals surface area (Å²) >= 11 is 0. The van der Waals surface area contributed by atoms with Gasteiger partial charge in [0, 0.05) is 23.5 Å². The Morgan fingerprint density at radius 3 is 2.71 bits per heavy atom. The topological polar surface area (TPSA) is 134 Å². The van der Waals surface area contributed by atoms with Crippen LogP contribution in [-0.2, 0) is 16.0 Å². The molecule has 0 saturated carbocycles. The highest BCUT2D eigenvalue weighted by atomic mass is 16.4. The van der Waals surface area contributed by atoms with E-state index in [1.165, 1.54) is 0 Å². The number of rotatable bonds is 9. The van der Waals surface area contributed by atoms with E-state index in [1.54, 1.807) is 6.20 Å². The highest BCUT2D eigenvalue weighted by Gasteiger charge is 2.24.